The Hall–Kier alpha value is -1.59. The molecule has 0 aromatic heterocycles. The lowest BCUT2D eigenvalue weighted by Gasteiger charge is -2.13. The Morgan fingerprint density at radius 3 is 2.65 bits per heavy atom. The van der Waals surface area contributed by atoms with Crippen LogP contribution >= 0.6 is 0 Å². The minimum atomic E-state index is -0.556. The highest BCUT2D eigenvalue weighted by atomic mass is 16.5. The number of hydrogen-bond acceptors (Lipinski definition) is 4. The number of nitrogens with one attached hydrogen (secondary N) is 2. The lowest BCUT2D eigenvalue weighted by atomic mass is 10.1. The van der Waals surface area contributed by atoms with E-state index < -0.39 is 6.10 Å². The maximum atomic E-state index is 11.4. The molecule has 1 aromatic rings. The molecule has 0 spiro atoms. The number of aliphatic hydroxyl groups is 1. The van der Waals surface area contributed by atoms with Crippen molar-refractivity contribution in [3.63, 3.8) is 0 Å². The molecule has 1 aliphatic rings. The van der Waals surface area contributed by atoms with Gasteiger partial charge < -0.3 is 20.5 Å². The van der Waals surface area contributed by atoms with Crippen molar-refractivity contribution in [2.45, 2.75) is 18.9 Å². The molecule has 1 saturated carbocycles. The van der Waals surface area contributed by atoms with E-state index in [9.17, 15) is 9.90 Å². The summed E-state index contributed by atoms with van der Waals surface area (Å²) >= 11 is 0. The molecule has 0 saturated heterocycles. The van der Waals surface area contributed by atoms with E-state index in [0.29, 0.717) is 19.6 Å². The molecule has 1 amide bonds. The second kappa shape index (κ2) is 7.26. The van der Waals surface area contributed by atoms with Gasteiger partial charge in [0.05, 0.1) is 13.2 Å². The fourth-order valence-electron chi connectivity index (χ4n) is 1.95. The van der Waals surface area contributed by atoms with E-state index in [2.05, 4.69) is 10.6 Å². The van der Waals surface area contributed by atoms with E-state index in [1.165, 1.54) is 0 Å². The van der Waals surface area contributed by atoms with E-state index in [4.69, 9.17) is 4.74 Å². The Labute approximate surface area is 119 Å². The van der Waals surface area contributed by atoms with Crippen LogP contribution in [0.4, 0.5) is 0 Å². The smallest absolute Gasteiger partial charge is 0.223 e. The van der Waals surface area contributed by atoms with Gasteiger partial charge in [-0.05, 0) is 30.5 Å². The first-order valence-electron chi connectivity index (χ1n) is 7.01. The molecule has 0 bridgehead atoms. The normalized spacial score (nSPS) is 15.7. The fourth-order valence-corrected chi connectivity index (χ4v) is 1.95. The van der Waals surface area contributed by atoms with Gasteiger partial charge in [0.15, 0.2) is 0 Å². The van der Waals surface area contributed by atoms with Gasteiger partial charge in [0.1, 0.15) is 5.75 Å². The van der Waals surface area contributed by atoms with Gasteiger partial charge in [-0.1, -0.05) is 12.1 Å². The number of hydrogen-bond donors (Lipinski definition) is 3. The van der Waals surface area contributed by atoms with Crippen LogP contribution in [-0.4, -0.2) is 37.8 Å². The van der Waals surface area contributed by atoms with Gasteiger partial charge in [-0.2, -0.15) is 0 Å². The number of carbonyl (C=O) groups is 1. The summed E-state index contributed by atoms with van der Waals surface area (Å²) in [6, 6.07) is 7.35. The summed E-state index contributed by atoms with van der Waals surface area (Å²) in [5, 5.41) is 16.0. The third-order valence-corrected chi connectivity index (χ3v) is 3.39. The van der Waals surface area contributed by atoms with Gasteiger partial charge in [-0.25, -0.2) is 0 Å². The van der Waals surface area contributed by atoms with Crippen molar-refractivity contribution in [2.24, 2.45) is 5.92 Å². The third-order valence-electron chi connectivity index (χ3n) is 3.39. The van der Waals surface area contributed by atoms with E-state index in [0.717, 1.165) is 24.2 Å². The Bertz CT molecular complexity index is 429. The number of rotatable bonds is 8. The van der Waals surface area contributed by atoms with Crippen molar-refractivity contribution < 1.29 is 14.6 Å². The van der Waals surface area contributed by atoms with Gasteiger partial charge in [0.2, 0.25) is 5.91 Å². The summed E-state index contributed by atoms with van der Waals surface area (Å²) in [4.78, 5) is 11.4. The zero-order valence-electron chi connectivity index (χ0n) is 11.8. The Kier molecular flexibility index (Phi) is 5.38. The summed E-state index contributed by atoms with van der Waals surface area (Å²) < 4.78 is 5.07. The summed E-state index contributed by atoms with van der Waals surface area (Å²) in [6.07, 6.45) is 1.49. The quantitative estimate of drug-likeness (QED) is 0.616. The van der Waals surface area contributed by atoms with Crippen molar-refractivity contribution in [2.75, 3.05) is 26.7 Å². The number of methoxy groups -OCH3 is 1. The van der Waals surface area contributed by atoms with Crippen LogP contribution in [0, 0.1) is 5.92 Å². The van der Waals surface area contributed by atoms with Gasteiger partial charge in [-0.3, -0.25) is 4.79 Å². The van der Waals surface area contributed by atoms with E-state index in [1.807, 2.05) is 24.3 Å². The standard InChI is InChI=1S/C15H22N2O3/c1-20-13-6-4-11(5-7-13)14(18)10-16-8-9-17-15(19)12-2-3-12/h4-7,12,14,16,18H,2-3,8-10H2,1H3,(H,17,19). The molecule has 1 atom stereocenters. The van der Waals surface area contributed by atoms with Crippen molar-refractivity contribution in [1.29, 1.82) is 0 Å². The van der Waals surface area contributed by atoms with Gasteiger partial charge in [0, 0.05) is 25.6 Å². The largest absolute Gasteiger partial charge is 0.497 e. The molecule has 1 aromatic carbocycles. The first-order valence-corrected chi connectivity index (χ1v) is 7.01. The molecule has 5 heteroatoms. The first kappa shape index (κ1) is 14.8. The number of amides is 1. The first-order chi connectivity index (χ1) is 9.70. The Morgan fingerprint density at radius 1 is 1.35 bits per heavy atom. The predicted octanol–water partition coefficient (Wildman–Crippen LogP) is 0.844. The van der Waals surface area contributed by atoms with Crippen LogP contribution in [0.1, 0.15) is 24.5 Å². The molecular formula is C15H22N2O3. The van der Waals surface area contributed by atoms with Crippen LogP contribution in [0.5, 0.6) is 5.75 Å². The van der Waals surface area contributed by atoms with Crippen LogP contribution in [0.3, 0.4) is 0 Å². The number of ether oxygens (including phenoxy) is 1. The van der Waals surface area contributed by atoms with Gasteiger partial charge in [0.25, 0.3) is 0 Å². The van der Waals surface area contributed by atoms with Crippen molar-refractivity contribution in [1.82, 2.24) is 10.6 Å². The average Bonchev–Trinajstić information content (AvgIpc) is 3.31. The molecule has 3 N–H and O–H groups in total. The zero-order valence-corrected chi connectivity index (χ0v) is 11.8. The fraction of sp³-hybridized carbons (Fsp3) is 0.533. The SMILES string of the molecule is COc1ccc(C(O)CNCCNC(=O)C2CC2)cc1. The summed E-state index contributed by atoms with van der Waals surface area (Å²) in [5.74, 6) is 1.18. The second-order valence-corrected chi connectivity index (χ2v) is 5.06. The minimum absolute atomic E-state index is 0.155. The maximum absolute atomic E-state index is 11.4. The highest BCUT2D eigenvalue weighted by Crippen LogP contribution is 2.28. The average molecular weight is 278 g/mol. The van der Waals surface area contributed by atoms with Crippen LogP contribution in [0.2, 0.25) is 0 Å². The molecule has 0 radical (unpaired) electrons. The molecule has 20 heavy (non-hydrogen) atoms. The maximum Gasteiger partial charge on any atom is 0.223 e. The van der Waals surface area contributed by atoms with Crippen molar-refractivity contribution in [3.8, 4) is 5.75 Å². The lowest BCUT2D eigenvalue weighted by Crippen LogP contribution is -2.34. The van der Waals surface area contributed by atoms with Crippen LogP contribution < -0.4 is 15.4 Å². The number of benzene rings is 1. The Balaban J connectivity index is 1.61. The van der Waals surface area contributed by atoms with Crippen LogP contribution in [0.25, 0.3) is 0 Å². The molecule has 110 valence electrons. The Morgan fingerprint density at radius 2 is 2.05 bits per heavy atom. The van der Waals surface area contributed by atoms with E-state index in [-0.39, 0.29) is 11.8 Å². The molecule has 2 rings (SSSR count). The monoisotopic (exact) mass is 278 g/mol. The number of carbonyl (C=O) groups excluding carboxylic acids is 1. The van der Waals surface area contributed by atoms with Gasteiger partial charge in [-0.15, -0.1) is 0 Å². The van der Waals surface area contributed by atoms with Crippen LogP contribution in [-0.2, 0) is 4.79 Å². The summed E-state index contributed by atoms with van der Waals surface area (Å²) in [5.41, 5.74) is 0.848. The number of aliphatic hydroxyl groups excluding tert-OH is 1. The molecule has 1 fully saturated rings. The second-order valence-electron chi connectivity index (χ2n) is 5.06. The highest BCUT2D eigenvalue weighted by molar-refractivity contribution is 5.80. The topological polar surface area (TPSA) is 70.6 Å². The minimum Gasteiger partial charge on any atom is -0.497 e. The predicted molar refractivity (Wildman–Crippen MR) is 76.6 cm³/mol. The highest BCUT2D eigenvalue weighted by Gasteiger charge is 2.28. The molecule has 1 aliphatic carbocycles. The summed E-state index contributed by atoms with van der Waals surface area (Å²) in [7, 11) is 1.61. The van der Waals surface area contributed by atoms with Crippen molar-refractivity contribution >= 4 is 5.91 Å². The van der Waals surface area contributed by atoms with E-state index >= 15 is 0 Å². The third kappa shape index (κ3) is 4.51. The molecule has 1 unspecified atom stereocenters. The summed E-state index contributed by atoms with van der Waals surface area (Å²) in [6.45, 7) is 1.72. The molecular weight excluding hydrogens is 256 g/mol. The van der Waals surface area contributed by atoms with E-state index in [1.54, 1.807) is 7.11 Å². The van der Waals surface area contributed by atoms with Gasteiger partial charge >= 0.3 is 0 Å². The lowest BCUT2D eigenvalue weighted by molar-refractivity contribution is -0.122. The molecule has 5 nitrogen and oxygen atoms in total. The van der Waals surface area contributed by atoms with Crippen molar-refractivity contribution in [3.05, 3.63) is 29.8 Å². The zero-order chi connectivity index (χ0) is 14.4. The van der Waals surface area contributed by atoms with Crippen LogP contribution in [0.15, 0.2) is 24.3 Å². The molecule has 0 heterocycles. The molecule has 0 aliphatic heterocycles.